The second-order valence-electron chi connectivity index (χ2n) is 23.3. The molecule has 2 N–H and O–H groups in total. The number of phenols is 2. The van der Waals surface area contributed by atoms with Gasteiger partial charge in [0.25, 0.3) is 0 Å². The van der Waals surface area contributed by atoms with Crippen molar-refractivity contribution in [2.24, 2.45) is 0 Å². The zero-order valence-corrected chi connectivity index (χ0v) is 49.1. The number of hydrogen-bond acceptors (Lipinski definition) is 18. The Morgan fingerprint density at radius 2 is 1.19 bits per heavy atom. The number of aromatic hydroxyl groups is 2. The molecule has 3 fully saturated rings. The number of rotatable bonds is 18. The molecule has 0 unspecified atom stereocenters. The molecule has 10 aromatic rings. The minimum Gasteiger partial charge on any atom is -0.508 e. The molecule has 3 aliphatic rings. The van der Waals surface area contributed by atoms with Gasteiger partial charge in [0.05, 0.1) is 76.9 Å². The number of aromatic nitrogens is 4. The lowest BCUT2D eigenvalue weighted by Gasteiger charge is -2.41. The van der Waals surface area contributed by atoms with Crippen molar-refractivity contribution in [2.45, 2.75) is 49.9 Å². The Bertz CT molecular complexity index is 4540. The second kappa shape index (κ2) is 23.2. The molecule has 2 atom stereocenters. The van der Waals surface area contributed by atoms with Crippen molar-refractivity contribution in [1.29, 1.82) is 10.5 Å². The summed E-state index contributed by atoms with van der Waals surface area (Å²) in [7, 11) is 6.00. The predicted octanol–water partition coefficient (Wildman–Crippen LogP) is 10.3. The lowest BCUT2D eigenvalue weighted by Crippen LogP contribution is -2.55. The minimum absolute atomic E-state index is 0.0783. The highest BCUT2D eigenvalue weighted by Gasteiger charge is 2.48. The highest BCUT2D eigenvalue weighted by Crippen LogP contribution is 2.47. The number of furan rings is 2. The van der Waals surface area contributed by atoms with Gasteiger partial charge in [-0.2, -0.15) is 30.5 Å². The van der Waals surface area contributed by atoms with Crippen LogP contribution in [-0.2, 0) is 16.1 Å². The molecule has 2 aliphatic heterocycles. The first-order valence-electron chi connectivity index (χ1n) is 29.4. The van der Waals surface area contributed by atoms with Gasteiger partial charge >= 0.3 is 12.0 Å². The summed E-state index contributed by atoms with van der Waals surface area (Å²) in [5.74, 6) is 0.834. The van der Waals surface area contributed by atoms with Gasteiger partial charge in [-0.25, -0.2) is 0 Å². The summed E-state index contributed by atoms with van der Waals surface area (Å²) >= 11 is 0. The van der Waals surface area contributed by atoms with Crippen LogP contribution in [0.1, 0.15) is 31.2 Å². The first-order chi connectivity index (χ1) is 42.8. The fraction of sp³-hybridized carbons (Fsp3) is 0.294. The lowest BCUT2D eigenvalue weighted by atomic mass is 9.92. The van der Waals surface area contributed by atoms with Gasteiger partial charge in [0.1, 0.15) is 47.5 Å². The van der Waals surface area contributed by atoms with E-state index < -0.39 is 17.6 Å². The van der Waals surface area contributed by atoms with Crippen LogP contribution >= 0.6 is 0 Å². The average molecular weight is 1180 g/mol. The Balaban J connectivity index is 0.842. The molecule has 0 radical (unpaired) electrons. The molecule has 2 saturated heterocycles. The van der Waals surface area contributed by atoms with Gasteiger partial charge in [-0.15, -0.1) is 0 Å². The van der Waals surface area contributed by atoms with E-state index in [2.05, 4.69) is 59.2 Å². The van der Waals surface area contributed by atoms with Gasteiger partial charge in [-0.1, -0.05) is 55.6 Å². The molecule has 1 aliphatic carbocycles. The molecule has 0 spiro atoms. The molecule has 88 heavy (non-hydrogen) atoms. The maximum atomic E-state index is 13.1. The van der Waals surface area contributed by atoms with E-state index in [0.29, 0.717) is 104 Å². The monoisotopic (exact) mass is 1180 g/mol. The van der Waals surface area contributed by atoms with E-state index in [4.69, 9.17) is 38.2 Å². The van der Waals surface area contributed by atoms with Crippen LogP contribution < -0.4 is 19.3 Å². The Morgan fingerprint density at radius 3 is 1.75 bits per heavy atom. The zero-order valence-electron chi connectivity index (χ0n) is 49.1. The fourth-order valence-electron chi connectivity index (χ4n) is 12.9. The van der Waals surface area contributed by atoms with Crippen molar-refractivity contribution in [3.05, 3.63) is 134 Å². The average Bonchev–Trinajstić information content (AvgIpc) is 1.26. The van der Waals surface area contributed by atoms with Crippen LogP contribution in [0.3, 0.4) is 0 Å². The molecule has 20 nitrogen and oxygen atoms in total. The Hall–Kier alpha value is -10.3. The minimum atomic E-state index is -0.437. The smallest absolute Gasteiger partial charge is 0.319 e. The number of amides is 2. The first kappa shape index (κ1) is 56.8. The van der Waals surface area contributed by atoms with Gasteiger partial charge in [0, 0.05) is 63.1 Å². The summed E-state index contributed by atoms with van der Waals surface area (Å²) in [4.78, 5) is 58.1. The van der Waals surface area contributed by atoms with Crippen molar-refractivity contribution in [1.82, 2.24) is 39.5 Å². The number of likely N-dealkylation sites (N-methyl/N-ethyl adjacent to an activating group) is 2. The van der Waals surface area contributed by atoms with Gasteiger partial charge in [0.15, 0.2) is 0 Å². The van der Waals surface area contributed by atoms with Crippen LogP contribution in [0.25, 0.3) is 87.5 Å². The number of fused-ring (bicyclic) bond motifs is 8. The number of ether oxygens (including phenoxy) is 2. The normalized spacial score (nSPS) is 16.7. The van der Waals surface area contributed by atoms with Gasteiger partial charge < -0.3 is 53.0 Å². The van der Waals surface area contributed by atoms with Gasteiger partial charge in [-0.05, 0) is 144 Å². The summed E-state index contributed by atoms with van der Waals surface area (Å²) in [6.45, 7) is 11.3. The highest BCUT2D eigenvalue weighted by molar-refractivity contribution is 6.18. The number of hydrogen-bond donors (Lipinski definition) is 2. The summed E-state index contributed by atoms with van der Waals surface area (Å²) < 4.78 is 25.7. The molecular weight excluding hydrogens is 1110 g/mol. The summed E-state index contributed by atoms with van der Waals surface area (Å²) in [6, 6.07) is 32.9. The number of carbonyl (C=O) groups excluding carboxylic acids is 2. The van der Waals surface area contributed by atoms with Crippen LogP contribution in [0, 0.1) is 22.7 Å². The van der Waals surface area contributed by atoms with Crippen molar-refractivity contribution < 1.29 is 38.1 Å². The van der Waals surface area contributed by atoms with E-state index in [9.17, 15) is 30.3 Å². The van der Waals surface area contributed by atoms with Crippen molar-refractivity contribution >= 4 is 88.7 Å². The lowest BCUT2D eigenvalue weighted by molar-refractivity contribution is -0.129. The van der Waals surface area contributed by atoms with Gasteiger partial charge in [0.2, 0.25) is 11.8 Å². The number of nitriles is 2. The van der Waals surface area contributed by atoms with Gasteiger partial charge in [-0.3, -0.25) is 14.5 Å². The molecule has 0 bridgehead atoms. The van der Waals surface area contributed by atoms with Crippen molar-refractivity contribution in [2.75, 3.05) is 90.0 Å². The maximum Gasteiger partial charge on any atom is 0.319 e. The third-order valence-corrected chi connectivity index (χ3v) is 17.6. The number of phenolic OH excluding ortho intramolecular Hbond substituents is 2. The van der Waals surface area contributed by atoms with E-state index in [1.54, 1.807) is 46.6 Å². The van der Waals surface area contributed by atoms with E-state index in [1.807, 2.05) is 73.6 Å². The standard InChI is InChI=1S/C68H64N12O8/c1-6-58(83)79-25-23-77(38-43(79)15-21-69)64-60-56(71-66(73-64)87-30-27-75(3)4)36-55(50-18-29-86-63(50)60)53-34-46(82)32-51-42(12-10-14-48(51)53)37-76(5)68(19-20-68)40-88-67-72-57-35-54(52-33-45(81)31-41-11-8-9-13-47(41)52)49-17-28-85-62(49)61(57)65(74-67)78-24-26-80(59(84)7-2)44(39-78)16-22-70/h6-14,17-18,28-29,31-36,43-44,81-82H,1-2,15-16,19-20,23-27,30,37-40H2,3-5H3/t43-,44-/m0/s1. The third kappa shape index (κ3) is 10.4. The van der Waals surface area contributed by atoms with E-state index in [1.165, 1.54) is 12.2 Å². The number of benzene rings is 6. The third-order valence-electron chi connectivity index (χ3n) is 17.6. The van der Waals surface area contributed by atoms with E-state index in [-0.39, 0.29) is 54.8 Å². The number of piperazine rings is 2. The largest absolute Gasteiger partial charge is 0.508 e. The van der Waals surface area contributed by atoms with Crippen LogP contribution in [-0.4, -0.2) is 159 Å². The summed E-state index contributed by atoms with van der Waals surface area (Å²) in [6.07, 6.45) is 7.74. The van der Waals surface area contributed by atoms with Crippen molar-refractivity contribution in [3.63, 3.8) is 0 Å². The molecule has 444 valence electrons. The molecule has 2 amide bonds. The Labute approximate surface area is 506 Å². The Morgan fingerprint density at radius 1 is 0.659 bits per heavy atom. The van der Waals surface area contributed by atoms with Crippen LogP contribution in [0.4, 0.5) is 11.6 Å². The molecule has 13 rings (SSSR count). The van der Waals surface area contributed by atoms with Crippen LogP contribution in [0.5, 0.6) is 23.5 Å². The first-order valence-corrected chi connectivity index (χ1v) is 29.4. The molecular formula is C68H64N12O8. The highest BCUT2D eigenvalue weighted by atomic mass is 16.5. The molecule has 6 heterocycles. The second-order valence-corrected chi connectivity index (χ2v) is 23.3. The Kier molecular flexibility index (Phi) is 15.0. The number of carbonyl (C=O) groups is 2. The van der Waals surface area contributed by atoms with Crippen LogP contribution in [0.15, 0.2) is 138 Å². The predicted molar refractivity (Wildman–Crippen MR) is 337 cm³/mol. The molecule has 1 saturated carbocycles. The number of anilines is 2. The SMILES string of the molecule is C=CC(=O)N1CCN(c2nc(OCC3(N(C)Cc4cccc5c(-c6cc7nc(OCCN(C)C)nc(N8CCN(C(=O)C=C)[C@@H](CC#N)C8)c7c7occc67)cc(O)cc45)CC3)nc3cc(-c4cc(O)cc5ccccc45)c4ccoc4c23)C[C@@H]1CC#N. The maximum absolute atomic E-state index is 13.1. The van der Waals surface area contributed by atoms with E-state index >= 15 is 0 Å². The fourth-order valence-corrected chi connectivity index (χ4v) is 12.9. The molecule has 6 aromatic carbocycles. The van der Waals surface area contributed by atoms with Crippen LogP contribution in [0.2, 0.25) is 0 Å². The van der Waals surface area contributed by atoms with E-state index in [0.717, 1.165) is 73.0 Å². The number of nitrogens with zero attached hydrogens (tertiary/aromatic N) is 12. The zero-order chi connectivity index (χ0) is 61.0. The summed E-state index contributed by atoms with van der Waals surface area (Å²) in [5.41, 5.74) is 5.92. The quantitative estimate of drug-likeness (QED) is 0.0760. The summed E-state index contributed by atoms with van der Waals surface area (Å²) in [5, 5.41) is 49.0. The molecule has 20 heteroatoms. The molecule has 4 aromatic heterocycles. The topological polar surface area (TPSA) is 238 Å². The van der Waals surface area contributed by atoms with Crippen molar-refractivity contribution in [3.8, 4) is 57.9 Å².